The van der Waals surface area contributed by atoms with Crippen LogP contribution in [0.4, 0.5) is 0 Å². The number of hydrogen-bond donors (Lipinski definition) is 1. The lowest BCUT2D eigenvalue weighted by Crippen LogP contribution is -2.39. The Labute approximate surface area is 113 Å². The summed E-state index contributed by atoms with van der Waals surface area (Å²) in [5.41, 5.74) is 7.92. The summed E-state index contributed by atoms with van der Waals surface area (Å²) in [5.74, 6) is 0. The van der Waals surface area contributed by atoms with E-state index in [-0.39, 0.29) is 5.54 Å². The summed E-state index contributed by atoms with van der Waals surface area (Å²) in [7, 11) is 0. The fourth-order valence-corrected chi connectivity index (χ4v) is 3.91. The normalized spacial score (nSPS) is 19.2. The minimum atomic E-state index is -0.0759. The van der Waals surface area contributed by atoms with Crippen molar-refractivity contribution >= 4 is 23.5 Å². The van der Waals surface area contributed by atoms with Crippen LogP contribution in [-0.4, -0.2) is 12.5 Å². The molecule has 1 aliphatic rings. The molecule has 0 bridgehead atoms. The van der Waals surface area contributed by atoms with Crippen LogP contribution in [0.5, 0.6) is 0 Å². The molecule has 0 amide bonds. The average Bonchev–Trinajstić information content (AvgIpc) is 2.38. The lowest BCUT2D eigenvalue weighted by Gasteiger charge is -2.35. The van der Waals surface area contributed by atoms with E-state index in [4.69, 9.17) is 5.73 Å². The van der Waals surface area contributed by atoms with E-state index in [1.807, 2.05) is 11.8 Å². The molecular formula is C14H21NS2. The van der Waals surface area contributed by atoms with Gasteiger partial charge in [0.05, 0.1) is 0 Å². The van der Waals surface area contributed by atoms with Crippen LogP contribution in [-0.2, 0) is 5.54 Å². The monoisotopic (exact) mass is 267 g/mol. The van der Waals surface area contributed by atoms with Gasteiger partial charge in [-0.2, -0.15) is 0 Å². The van der Waals surface area contributed by atoms with E-state index in [1.165, 1.54) is 34.6 Å². The first kappa shape index (κ1) is 13.3. The number of benzene rings is 1. The van der Waals surface area contributed by atoms with Gasteiger partial charge in [0.25, 0.3) is 0 Å². The SMILES string of the molecule is CSc1ccc(C2(N)CCCCC2)c(SC)c1. The number of rotatable bonds is 3. The Hall–Kier alpha value is -0.120. The maximum absolute atomic E-state index is 6.63. The predicted octanol–water partition coefficient (Wildman–Crippen LogP) is 4.25. The molecule has 0 aliphatic heterocycles. The van der Waals surface area contributed by atoms with Crippen LogP contribution in [0.15, 0.2) is 28.0 Å². The molecule has 3 heteroatoms. The van der Waals surface area contributed by atoms with Crippen molar-refractivity contribution in [2.24, 2.45) is 5.73 Å². The molecule has 1 fully saturated rings. The summed E-state index contributed by atoms with van der Waals surface area (Å²) in [5, 5.41) is 0. The number of nitrogens with two attached hydrogens (primary N) is 1. The van der Waals surface area contributed by atoms with Gasteiger partial charge in [-0.15, -0.1) is 23.5 Å². The maximum Gasteiger partial charge on any atom is 0.0420 e. The minimum Gasteiger partial charge on any atom is -0.321 e. The van der Waals surface area contributed by atoms with Crippen LogP contribution in [0, 0.1) is 0 Å². The fraction of sp³-hybridized carbons (Fsp3) is 0.571. The molecule has 17 heavy (non-hydrogen) atoms. The molecule has 1 saturated carbocycles. The van der Waals surface area contributed by atoms with E-state index in [2.05, 4.69) is 30.7 Å². The maximum atomic E-state index is 6.63. The second-order valence-corrected chi connectivity index (χ2v) is 6.51. The van der Waals surface area contributed by atoms with Crippen LogP contribution >= 0.6 is 23.5 Å². The van der Waals surface area contributed by atoms with Crippen molar-refractivity contribution in [3.05, 3.63) is 23.8 Å². The molecule has 0 heterocycles. The largest absolute Gasteiger partial charge is 0.321 e. The highest BCUT2D eigenvalue weighted by molar-refractivity contribution is 7.99. The molecule has 1 nitrogen and oxygen atoms in total. The quantitative estimate of drug-likeness (QED) is 0.829. The summed E-state index contributed by atoms with van der Waals surface area (Å²) >= 11 is 3.62. The van der Waals surface area contributed by atoms with E-state index in [0.717, 1.165) is 12.8 Å². The van der Waals surface area contributed by atoms with Crippen molar-refractivity contribution in [2.45, 2.75) is 47.4 Å². The lowest BCUT2D eigenvalue weighted by molar-refractivity contribution is 0.298. The fourth-order valence-electron chi connectivity index (χ4n) is 2.66. The molecule has 2 rings (SSSR count). The van der Waals surface area contributed by atoms with E-state index in [9.17, 15) is 0 Å². The molecule has 0 aromatic heterocycles. The van der Waals surface area contributed by atoms with Crippen LogP contribution < -0.4 is 5.73 Å². The second kappa shape index (κ2) is 5.68. The zero-order valence-corrected chi connectivity index (χ0v) is 12.3. The number of thioether (sulfide) groups is 2. The third-order valence-electron chi connectivity index (χ3n) is 3.69. The van der Waals surface area contributed by atoms with Gasteiger partial charge in [0, 0.05) is 15.3 Å². The van der Waals surface area contributed by atoms with Gasteiger partial charge < -0.3 is 5.73 Å². The topological polar surface area (TPSA) is 26.0 Å². The van der Waals surface area contributed by atoms with Crippen LogP contribution in [0.1, 0.15) is 37.7 Å². The zero-order chi connectivity index (χ0) is 12.3. The van der Waals surface area contributed by atoms with Crippen molar-refractivity contribution in [2.75, 3.05) is 12.5 Å². The van der Waals surface area contributed by atoms with Crippen molar-refractivity contribution < 1.29 is 0 Å². The van der Waals surface area contributed by atoms with Crippen LogP contribution in [0.25, 0.3) is 0 Å². The first-order valence-corrected chi connectivity index (χ1v) is 8.66. The molecule has 1 aromatic rings. The van der Waals surface area contributed by atoms with Gasteiger partial charge in [-0.25, -0.2) is 0 Å². The minimum absolute atomic E-state index is 0.0759. The van der Waals surface area contributed by atoms with Gasteiger partial charge in [0.2, 0.25) is 0 Å². The smallest absolute Gasteiger partial charge is 0.0420 e. The molecule has 0 spiro atoms. The zero-order valence-electron chi connectivity index (χ0n) is 10.7. The van der Waals surface area contributed by atoms with Gasteiger partial charge >= 0.3 is 0 Å². The molecule has 0 saturated heterocycles. The summed E-state index contributed by atoms with van der Waals surface area (Å²) in [6, 6.07) is 6.75. The first-order valence-electron chi connectivity index (χ1n) is 6.21. The van der Waals surface area contributed by atoms with E-state index >= 15 is 0 Å². The van der Waals surface area contributed by atoms with Crippen molar-refractivity contribution in [3.8, 4) is 0 Å². The summed E-state index contributed by atoms with van der Waals surface area (Å²) in [6.45, 7) is 0. The molecular weight excluding hydrogens is 246 g/mol. The lowest BCUT2D eigenvalue weighted by atomic mass is 9.77. The first-order chi connectivity index (χ1) is 8.19. The second-order valence-electron chi connectivity index (χ2n) is 4.78. The Morgan fingerprint density at radius 1 is 1.06 bits per heavy atom. The molecule has 2 N–H and O–H groups in total. The molecule has 0 unspecified atom stereocenters. The highest BCUT2D eigenvalue weighted by atomic mass is 32.2. The van der Waals surface area contributed by atoms with Gasteiger partial charge in [0.15, 0.2) is 0 Å². The number of hydrogen-bond acceptors (Lipinski definition) is 3. The van der Waals surface area contributed by atoms with E-state index < -0.39 is 0 Å². The Balaban J connectivity index is 2.36. The third kappa shape index (κ3) is 2.83. The summed E-state index contributed by atoms with van der Waals surface area (Å²) in [6.07, 6.45) is 10.4. The van der Waals surface area contributed by atoms with E-state index in [1.54, 1.807) is 11.8 Å². The van der Waals surface area contributed by atoms with Gasteiger partial charge in [-0.3, -0.25) is 0 Å². The molecule has 0 atom stereocenters. The Kier molecular flexibility index (Phi) is 4.45. The highest BCUT2D eigenvalue weighted by Gasteiger charge is 2.31. The van der Waals surface area contributed by atoms with Crippen LogP contribution in [0.3, 0.4) is 0 Å². The van der Waals surface area contributed by atoms with Crippen LogP contribution in [0.2, 0.25) is 0 Å². The van der Waals surface area contributed by atoms with Crippen molar-refractivity contribution in [1.82, 2.24) is 0 Å². The predicted molar refractivity (Wildman–Crippen MR) is 79.0 cm³/mol. The summed E-state index contributed by atoms with van der Waals surface area (Å²) < 4.78 is 0. The van der Waals surface area contributed by atoms with Gasteiger partial charge in [-0.05, 0) is 43.0 Å². The molecule has 1 aromatic carbocycles. The standard InChI is InChI=1S/C14H21NS2/c1-16-11-6-7-12(13(10-11)17-2)14(15)8-4-3-5-9-14/h6-7,10H,3-5,8-9,15H2,1-2H3. The highest BCUT2D eigenvalue weighted by Crippen LogP contribution is 2.40. The van der Waals surface area contributed by atoms with Gasteiger partial charge in [0.1, 0.15) is 0 Å². The Bertz CT molecular complexity index is 384. The Morgan fingerprint density at radius 2 is 1.76 bits per heavy atom. The summed E-state index contributed by atoms with van der Waals surface area (Å²) in [4.78, 5) is 2.69. The third-order valence-corrected chi connectivity index (χ3v) is 5.19. The molecule has 1 aliphatic carbocycles. The average molecular weight is 267 g/mol. The van der Waals surface area contributed by atoms with Crippen molar-refractivity contribution in [3.63, 3.8) is 0 Å². The van der Waals surface area contributed by atoms with E-state index in [0.29, 0.717) is 0 Å². The molecule has 0 radical (unpaired) electrons. The Morgan fingerprint density at radius 3 is 2.35 bits per heavy atom. The van der Waals surface area contributed by atoms with Crippen molar-refractivity contribution in [1.29, 1.82) is 0 Å². The molecule has 94 valence electrons. The van der Waals surface area contributed by atoms with Gasteiger partial charge in [-0.1, -0.05) is 25.3 Å².